The first-order chi connectivity index (χ1) is 11.5. The van der Waals surface area contributed by atoms with Gasteiger partial charge in [0.05, 0.1) is 0 Å². The summed E-state index contributed by atoms with van der Waals surface area (Å²) in [5.74, 6) is 3.04. The zero-order chi connectivity index (χ0) is 16.5. The molecule has 4 fully saturated rings. The fraction of sp³-hybridized carbons (Fsp3) is 0.864. The summed E-state index contributed by atoms with van der Waals surface area (Å²) in [7, 11) is 0. The Hall–Kier alpha value is -0.630. The van der Waals surface area contributed by atoms with Gasteiger partial charge in [0, 0.05) is 23.9 Å². The summed E-state index contributed by atoms with van der Waals surface area (Å²) in [4.78, 5) is 12.3. The van der Waals surface area contributed by atoms with Crippen LogP contribution in [0.25, 0.3) is 0 Å². The Kier molecular flexibility index (Phi) is 3.38. The van der Waals surface area contributed by atoms with Crippen molar-refractivity contribution in [3.8, 4) is 0 Å². The molecule has 0 saturated heterocycles. The smallest absolute Gasteiger partial charge is 0.157 e. The van der Waals surface area contributed by atoms with Crippen molar-refractivity contribution in [3.05, 3.63) is 11.6 Å². The molecule has 5 aliphatic rings. The highest BCUT2D eigenvalue weighted by atomic mass is 16.1. The molecular weight excluding hydrogens is 294 g/mol. The van der Waals surface area contributed by atoms with Crippen LogP contribution in [0.2, 0.25) is 0 Å². The van der Waals surface area contributed by atoms with Crippen LogP contribution in [-0.2, 0) is 4.79 Å². The van der Waals surface area contributed by atoms with E-state index in [1.165, 1.54) is 63.4 Å². The molecule has 24 heavy (non-hydrogen) atoms. The van der Waals surface area contributed by atoms with Crippen molar-refractivity contribution >= 4 is 5.78 Å². The zero-order valence-corrected chi connectivity index (χ0v) is 15.4. The Morgan fingerprint density at radius 2 is 1.88 bits per heavy atom. The van der Waals surface area contributed by atoms with Crippen molar-refractivity contribution in [2.24, 2.45) is 28.6 Å². The number of hydrogen-bond donors (Lipinski definition) is 1. The predicted molar refractivity (Wildman–Crippen MR) is 96.7 cm³/mol. The molecule has 1 unspecified atom stereocenters. The molecule has 0 spiro atoms. The van der Waals surface area contributed by atoms with E-state index in [1.807, 2.05) is 0 Å². The second-order valence-electron chi connectivity index (χ2n) is 10.1. The Bertz CT molecular complexity index is 591. The lowest BCUT2D eigenvalue weighted by atomic mass is 9.46. The Balaban J connectivity index is 1.51. The molecule has 0 amide bonds. The molecule has 0 aliphatic heterocycles. The summed E-state index contributed by atoms with van der Waals surface area (Å²) in [6.07, 6.45) is 15.1. The minimum Gasteiger partial charge on any atom is -0.310 e. The largest absolute Gasteiger partial charge is 0.310 e. The van der Waals surface area contributed by atoms with E-state index in [0.717, 1.165) is 24.2 Å². The van der Waals surface area contributed by atoms with Crippen LogP contribution in [0, 0.1) is 28.6 Å². The van der Waals surface area contributed by atoms with Crippen molar-refractivity contribution in [2.75, 3.05) is 0 Å². The van der Waals surface area contributed by atoms with Crippen molar-refractivity contribution in [1.29, 1.82) is 0 Å². The van der Waals surface area contributed by atoms with Gasteiger partial charge in [0.15, 0.2) is 5.78 Å². The number of carbonyl (C=O) groups excluding carboxylic acids is 1. The minimum atomic E-state index is 0.239. The summed E-state index contributed by atoms with van der Waals surface area (Å²) in [6, 6.07) is 1.09. The van der Waals surface area contributed by atoms with Crippen LogP contribution in [-0.4, -0.2) is 17.9 Å². The van der Waals surface area contributed by atoms with Gasteiger partial charge in [-0.2, -0.15) is 0 Å². The van der Waals surface area contributed by atoms with Gasteiger partial charge in [0.25, 0.3) is 0 Å². The van der Waals surface area contributed by atoms with Gasteiger partial charge in [-0.1, -0.05) is 25.8 Å². The van der Waals surface area contributed by atoms with Crippen LogP contribution in [0.3, 0.4) is 0 Å². The third kappa shape index (κ3) is 2.14. The van der Waals surface area contributed by atoms with Crippen LogP contribution >= 0.6 is 0 Å². The van der Waals surface area contributed by atoms with E-state index >= 15 is 0 Å². The fourth-order valence-electron chi connectivity index (χ4n) is 7.40. The highest BCUT2D eigenvalue weighted by molar-refractivity contribution is 5.92. The highest BCUT2D eigenvalue weighted by Gasteiger charge is 2.59. The monoisotopic (exact) mass is 327 g/mol. The summed E-state index contributed by atoms with van der Waals surface area (Å²) in [5, 5.41) is 3.90. The van der Waals surface area contributed by atoms with Crippen molar-refractivity contribution in [1.82, 2.24) is 5.32 Å². The number of fused-ring (bicyclic) bond motifs is 5. The van der Waals surface area contributed by atoms with Gasteiger partial charge in [-0.25, -0.2) is 0 Å². The number of nitrogens with one attached hydrogen (secondary N) is 1. The molecule has 0 bridgehead atoms. The van der Waals surface area contributed by atoms with E-state index in [-0.39, 0.29) is 5.41 Å². The molecule has 5 rings (SSSR count). The van der Waals surface area contributed by atoms with Gasteiger partial charge in [0.2, 0.25) is 0 Å². The normalized spacial score (nSPS) is 50.8. The molecule has 2 heteroatoms. The topological polar surface area (TPSA) is 29.1 Å². The summed E-state index contributed by atoms with van der Waals surface area (Å²) < 4.78 is 0. The molecule has 0 aromatic rings. The van der Waals surface area contributed by atoms with Crippen molar-refractivity contribution < 1.29 is 4.79 Å². The number of ketones is 1. The van der Waals surface area contributed by atoms with Crippen LogP contribution in [0.1, 0.15) is 78.1 Å². The number of hydrogen-bond acceptors (Lipinski definition) is 2. The van der Waals surface area contributed by atoms with E-state index in [1.54, 1.807) is 0 Å². The quantitative estimate of drug-likeness (QED) is 0.800. The predicted octanol–water partition coefficient (Wildman–Crippen LogP) is 4.64. The lowest BCUT2D eigenvalue weighted by Gasteiger charge is -2.59. The molecule has 0 aromatic carbocycles. The minimum absolute atomic E-state index is 0.239. The van der Waals surface area contributed by atoms with Crippen LogP contribution in [0.5, 0.6) is 0 Å². The maximum Gasteiger partial charge on any atom is 0.157 e. The van der Waals surface area contributed by atoms with E-state index < -0.39 is 0 Å². The summed E-state index contributed by atoms with van der Waals surface area (Å²) in [5.41, 5.74) is 2.37. The van der Waals surface area contributed by atoms with Gasteiger partial charge < -0.3 is 5.32 Å². The third-order valence-electron chi connectivity index (χ3n) is 8.91. The fourth-order valence-corrected chi connectivity index (χ4v) is 7.40. The molecule has 2 nitrogen and oxygen atoms in total. The molecule has 6 atom stereocenters. The highest BCUT2D eigenvalue weighted by Crippen LogP contribution is 2.65. The Morgan fingerprint density at radius 3 is 2.67 bits per heavy atom. The van der Waals surface area contributed by atoms with Gasteiger partial charge in [-0.3, -0.25) is 4.79 Å². The van der Waals surface area contributed by atoms with Crippen LogP contribution in [0.4, 0.5) is 0 Å². The summed E-state index contributed by atoms with van der Waals surface area (Å²) >= 11 is 0. The molecule has 0 aromatic heterocycles. The van der Waals surface area contributed by atoms with E-state index in [9.17, 15) is 4.79 Å². The Labute approximate surface area is 146 Å². The molecule has 0 heterocycles. The van der Waals surface area contributed by atoms with Gasteiger partial charge in [-0.15, -0.1) is 0 Å². The van der Waals surface area contributed by atoms with Gasteiger partial charge in [-0.05, 0) is 80.6 Å². The molecule has 1 N–H and O–H groups in total. The first kappa shape index (κ1) is 15.6. The second kappa shape index (κ2) is 5.19. The maximum atomic E-state index is 12.3. The molecule has 132 valence electrons. The van der Waals surface area contributed by atoms with E-state index in [4.69, 9.17) is 0 Å². The standard InChI is InChI=1S/C22H33NO/c1-21-10-3-4-18(21)17-8-5-14-12-16(24)13-20(23-15-6-7-15)22(14,2)19(17)9-11-21/h12,15,17-20,23H,3-11,13H2,1-2H3/t17-,18-,19-,20?,21-,22-/m0/s1. The average molecular weight is 328 g/mol. The molecular formula is C22H33NO. The second-order valence-corrected chi connectivity index (χ2v) is 10.1. The molecule has 0 radical (unpaired) electrons. The van der Waals surface area contributed by atoms with E-state index in [2.05, 4.69) is 25.2 Å². The SMILES string of the molecule is C[C@@]12CCC[C@H]1[C@@H]1CCC3=CC(=O)CC(NC4CC4)[C@]3(C)[C@H]1CC2. The lowest BCUT2D eigenvalue weighted by Crippen LogP contribution is -2.58. The van der Waals surface area contributed by atoms with Crippen LogP contribution < -0.4 is 5.32 Å². The molecule has 5 aliphatic carbocycles. The van der Waals surface area contributed by atoms with E-state index in [0.29, 0.717) is 23.3 Å². The summed E-state index contributed by atoms with van der Waals surface area (Å²) in [6.45, 7) is 5.11. The first-order valence-electron chi connectivity index (χ1n) is 10.5. The van der Waals surface area contributed by atoms with Gasteiger partial charge in [0.1, 0.15) is 0 Å². The van der Waals surface area contributed by atoms with Gasteiger partial charge >= 0.3 is 0 Å². The Morgan fingerprint density at radius 1 is 1.04 bits per heavy atom. The lowest BCUT2D eigenvalue weighted by molar-refractivity contribution is -0.118. The number of rotatable bonds is 2. The molecule has 4 saturated carbocycles. The van der Waals surface area contributed by atoms with Crippen molar-refractivity contribution in [3.63, 3.8) is 0 Å². The maximum absolute atomic E-state index is 12.3. The van der Waals surface area contributed by atoms with Crippen LogP contribution in [0.15, 0.2) is 11.6 Å². The number of carbonyl (C=O) groups is 1. The van der Waals surface area contributed by atoms with Crippen molar-refractivity contribution in [2.45, 2.75) is 90.1 Å². The first-order valence-corrected chi connectivity index (χ1v) is 10.5. The third-order valence-corrected chi connectivity index (χ3v) is 8.91. The zero-order valence-electron chi connectivity index (χ0n) is 15.4. The average Bonchev–Trinajstić information content (AvgIpc) is 3.26.